The Morgan fingerprint density at radius 3 is 2.60 bits per heavy atom. The summed E-state index contributed by atoms with van der Waals surface area (Å²) in [6.07, 6.45) is 0.646. The van der Waals surface area contributed by atoms with Gasteiger partial charge in [0.15, 0.2) is 0 Å². The van der Waals surface area contributed by atoms with Gasteiger partial charge in [-0.2, -0.15) is 4.98 Å². The van der Waals surface area contributed by atoms with Gasteiger partial charge >= 0.3 is 0 Å². The Labute approximate surface area is 90.0 Å². The highest BCUT2D eigenvalue weighted by Gasteiger charge is 2.22. The molecule has 1 aromatic heterocycles. The molecule has 0 saturated heterocycles. The van der Waals surface area contributed by atoms with Crippen LogP contribution < -0.4 is 5.73 Å². The van der Waals surface area contributed by atoms with Gasteiger partial charge in [-0.1, -0.05) is 25.9 Å². The number of hydrogen-bond acceptors (Lipinski definition) is 5. The summed E-state index contributed by atoms with van der Waals surface area (Å²) in [5, 5.41) is 3.89. The van der Waals surface area contributed by atoms with Crippen molar-refractivity contribution in [3.63, 3.8) is 0 Å². The second-order valence-electron chi connectivity index (χ2n) is 3.91. The Hall–Kier alpha value is -0.940. The number of rotatable bonds is 5. The third kappa shape index (κ3) is 2.76. The van der Waals surface area contributed by atoms with Crippen LogP contribution in [0.15, 0.2) is 4.52 Å². The van der Waals surface area contributed by atoms with Crippen LogP contribution in [-0.2, 0) is 4.74 Å². The van der Waals surface area contributed by atoms with E-state index in [1.807, 2.05) is 20.8 Å². The molecule has 0 amide bonds. The molecule has 0 aliphatic rings. The molecule has 2 atom stereocenters. The molecule has 0 spiro atoms. The molecule has 0 fully saturated rings. The molecule has 5 heteroatoms. The molecule has 0 radical (unpaired) electrons. The highest BCUT2D eigenvalue weighted by molar-refractivity contribution is 4.95. The summed E-state index contributed by atoms with van der Waals surface area (Å²) in [6, 6.07) is -0.184. The number of ether oxygens (including phenoxy) is 1. The average molecular weight is 213 g/mol. The van der Waals surface area contributed by atoms with Crippen molar-refractivity contribution in [2.24, 2.45) is 11.7 Å². The lowest BCUT2D eigenvalue weighted by Gasteiger charge is -2.14. The zero-order valence-electron chi connectivity index (χ0n) is 9.73. The molecular formula is C10H19N3O2. The van der Waals surface area contributed by atoms with Gasteiger partial charge in [-0.25, -0.2) is 0 Å². The Morgan fingerprint density at radius 1 is 1.47 bits per heavy atom. The smallest absolute Gasteiger partial charge is 0.243 e. The van der Waals surface area contributed by atoms with E-state index in [-0.39, 0.29) is 12.1 Å². The molecular weight excluding hydrogens is 194 g/mol. The fourth-order valence-electron chi connectivity index (χ4n) is 1.36. The minimum Gasteiger partial charge on any atom is -0.373 e. The van der Waals surface area contributed by atoms with Crippen LogP contribution in [0.3, 0.4) is 0 Å². The fourth-order valence-corrected chi connectivity index (χ4v) is 1.36. The molecule has 1 unspecified atom stereocenters. The van der Waals surface area contributed by atoms with E-state index in [0.717, 1.165) is 6.42 Å². The largest absolute Gasteiger partial charge is 0.373 e. The molecule has 1 aromatic rings. The van der Waals surface area contributed by atoms with E-state index in [2.05, 4.69) is 10.1 Å². The maximum absolute atomic E-state index is 5.79. The first-order chi connectivity index (χ1) is 7.10. The SMILES string of the molecule is CC[C@@H](N)c1nc(C(OC)C(C)C)no1. The first-order valence-electron chi connectivity index (χ1n) is 5.22. The normalized spacial score (nSPS) is 15.6. The average Bonchev–Trinajstić information content (AvgIpc) is 2.66. The topological polar surface area (TPSA) is 74.2 Å². The van der Waals surface area contributed by atoms with Gasteiger partial charge in [0, 0.05) is 7.11 Å². The van der Waals surface area contributed by atoms with Gasteiger partial charge in [-0.3, -0.25) is 0 Å². The van der Waals surface area contributed by atoms with Crippen molar-refractivity contribution < 1.29 is 9.26 Å². The quantitative estimate of drug-likeness (QED) is 0.807. The standard InChI is InChI=1S/C10H19N3O2/c1-5-7(11)10-12-9(13-15-10)8(14-4)6(2)3/h6-8H,5,11H2,1-4H3/t7-,8?/m1/s1. The van der Waals surface area contributed by atoms with Crippen molar-refractivity contribution >= 4 is 0 Å². The summed E-state index contributed by atoms with van der Waals surface area (Å²) in [5.74, 6) is 1.36. The van der Waals surface area contributed by atoms with Crippen molar-refractivity contribution in [3.05, 3.63) is 11.7 Å². The predicted molar refractivity (Wildman–Crippen MR) is 56.1 cm³/mol. The van der Waals surface area contributed by atoms with Crippen LogP contribution in [0.4, 0.5) is 0 Å². The summed E-state index contributed by atoms with van der Waals surface area (Å²) in [4.78, 5) is 4.25. The Kier molecular flexibility index (Phi) is 4.23. The van der Waals surface area contributed by atoms with Crippen LogP contribution in [-0.4, -0.2) is 17.3 Å². The number of nitrogens with two attached hydrogens (primary N) is 1. The minimum absolute atomic E-state index is 0.133. The number of methoxy groups -OCH3 is 1. The second-order valence-corrected chi connectivity index (χ2v) is 3.91. The van der Waals surface area contributed by atoms with E-state index >= 15 is 0 Å². The van der Waals surface area contributed by atoms with Gasteiger partial charge in [-0.05, 0) is 12.3 Å². The Bertz CT molecular complexity index is 299. The molecule has 0 aromatic carbocycles. The van der Waals surface area contributed by atoms with Crippen LogP contribution in [0.1, 0.15) is 51.1 Å². The van der Waals surface area contributed by atoms with Crippen LogP contribution in [0.25, 0.3) is 0 Å². The molecule has 0 aliphatic heterocycles. The van der Waals surface area contributed by atoms with Crippen molar-refractivity contribution in [2.45, 2.75) is 39.3 Å². The number of nitrogens with zero attached hydrogens (tertiary/aromatic N) is 2. The van der Waals surface area contributed by atoms with Crippen molar-refractivity contribution in [1.29, 1.82) is 0 Å². The maximum atomic E-state index is 5.79. The van der Waals surface area contributed by atoms with E-state index in [0.29, 0.717) is 17.6 Å². The molecule has 1 rings (SSSR count). The van der Waals surface area contributed by atoms with Crippen LogP contribution in [0.5, 0.6) is 0 Å². The molecule has 2 N–H and O–H groups in total. The zero-order chi connectivity index (χ0) is 11.4. The lowest BCUT2D eigenvalue weighted by molar-refractivity contribution is 0.0555. The van der Waals surface area contributed by atoms with Crippen LogP contribution in [0.2, 0.25) is 0 Å². The Balaban J connectivity index is 2.82. The van der Waals surface area contributed by atoms with Gasteiger partial charge in [0.2, 0.25) is 11.7 Å². The highest BCUT2D eigenvalue weighted by Crippen LogP contribution is 2.23. The molecule has 0 bridgehead atoms. The third-order valence-electron chi connectivity index (χ3n) is 2.33. The first-order valence-corrected chi connectivity index (χ1v) is 5.22. The zero-order valence-corrected chi connectivity index (χ0v) is 9.73. The van der Waals surface area contributed by atoms with E-state index in [1.165, 1.54) is 0 Å². The van der Waals surface area contributed by atoms with Gasteiger partial charge < -0.3 is 15.0 Å². The summed E-state index contributed by atoms with van der Waals surface area (Å²) in [5.41, 5.74) is 5.79. The molecule has 86 valence electrons. The summed E-state index contributed by atoms with van der Waals surface area (Å²) < 4.78 is 10.4. The van der Waals surface area contributed by atoms with Crippen LogP contribution in [0, 0.1) is 5.92 Å². The molecule has 0 aliphatic carbocycles. The third-order valence-corrected chi connectivity index (χ3v) is 2.33. The monoisotopic (exact) mass is 213 g/mol. The minimum atomic E-state index is -0.184. The fraction of sp³-hybridized carbons (Fsp3) is 0.800. The molecule has 0 saturated carbocycles. The summed E-state index contributed by atoms with van der Waals surface area (Å²) in [7, 11) is 1.64. The first kappa shape index (κ1) is 12.1. The molecule has 15 heavy (non-hydrogen) atoms. The second kappa shape index (κ2) is 5.23. The van der Waals surface area contributed by atoms with Gasteiger partial charge in [0.1, 0.15) is 6.10 Å². The van der Waals surface area contributed by atoms with Crippen LogP contribution >= 0.6 is 0 Å². The lowest BCUT2D eigenvalue weighted by atomic mass is 10.1. The molecule has 5 nitrogen and oxygen atoms in total. The van der Waals surface area contributed by atoms with Crippen molar-refractivity contribution in [1.82, 2.24) is 10.1 Å². The van der Waals surface area contributed by atoms with Crippen molar-refractivity contribution in [2.75, 3.05) is 7.11 Å². The Morgan fingerprint density at radius 2 is 2.13 bits per heavy atom. The maximum Gasteiger partial charge on any atom is 0.243 e. The van der Waals surface area contributed by atoms with Gasteiger partial charge in [0.05, 0.1) is 6.04 Å². The van der Waals surface area contributed by atoms with E-state index in [1.54, 1.807) is 7.11 Å². The van der Waals surface area contributed by atoms with Gasteiger partial charge in [0.25, 0.3) is 0 Å². The summed E-state index contributed by atoms with van der Waals surface area (Å²) in [6.45, 7) is 6.07. The summed E-state index contributed by atoms with van der Waals surface area (Å²) >= 11 is 0. The van der Waals surface area contributed by atoms with E-state index in [4.69, 9.17) is 15.0 Å². The predicted octanol–water partition coefficient (Wildman–Crippen LogP) is 1.82. The number of aromatic nitrogens is 2. The highest BCUT2D eigenvalue weighted by atomic mass is 16.5. The van der Waals surface area contributed by atoms with Crippen molar-refractivity contribution in [3.8, 4) is 0 Å². The molecule has 1 heterocycles. The van der Waals surface area contributed by atoms with Gasteiger partial charge in [-0.15, -0.1) is 0 Å². The van der Waals surface area contributed by atoms with E-state index < -0.39 is 0 Å². The number of hydrogen-bond donors (Lipinski definition) is 1. The van der Waals surface area contributed by atoms with E-state index in [9.17, 15) is 0 Å². The lowest BCUT2D eigenvalue weighted by Crippen LogP contribution is -2.12.